The quantitative estimate of drug-likeness (QED) is 0.421. The highest BCUT2D eigenvalue weighted by molar-refractivity contribution is 7.89. The number of sulfonamides is 1. The molecule has 0 bridgehead atoms. The Hall–Kier alpha value is -2.42. The van der Waals surface area contributed by atoms with Crippen molar-refractivity contribution in [2.75, 3.05) is 13.6 Å². The summed E-state index contributed by atoms with van der Waals surface area (Å²) in [7, 11) is -2.12. The molecule has 2 rings (SSSR count). The van der Waals surface area contributed by atoms with Crippen molar-refractivity contribution in [3.8, 4) is 0 Å². The number of carbonyl (C=O) groups is 2. The van der Waals surface area contributed by atoms with Crippen LogP contribution in [0.3, 0.4) is 0 Å². The van der Waals surface area contributed by atoms with Crippen LogP contribution in [-0.2, 0) is 26.2 Å². The van der Waals surface area contributed by atoms with E-state index in [9.17, 15) is 18.0 Å². The van der Waals surface area contributed by atoms with Gasteiger partial charge >= 0.3 is 0 Å². The van der Waals surface area contributed by atoms with Gasteiger partial charge < -0.3 is 10.2 Å². The van der Waals surface area contributed by atoms with E-state index in [4.69, 9.17) is 11.6 Å². The van der Waals surface area contributed by atoms with Crippen molar-refractivity contribution < 1.29 is 18.0 Å². The van der Waals surface area contributed by atoms with E-state index in [2.05, 4.69) is 5.32 Å². The zero-order chi connectivity index (χ0) is 26.0. The van der Waals surface area contributed by atoms with Crippen LogP contribution in [0.25, 0.3) is 0 Å². The molecule has 9 heteroatoms. The number of hydrogen-bond donors (Lipinski definition) is 1. The molecule has 0 fully saturated rings. The number of rotatable bonds is 13. The molecule has 2 atom stereocenters. The predicted molar refractivity (Wildman–Crippen MR) is 139 cm³/mol. The summed E-state index contributed by atoms with van der Waals surface area (Å²) in [5.74, 6) is -0.385. The van der Waals surface area contributed by atoms with Gasteiger partial charge in [-0.3, -0.25) is 9.59 Å². The Labute approximate surface area is 214 Å². The molecule has 1 N–H and O–H groups in total. The highest BCUT2D eigenvalue weighted by Crippen LogP contribution is 2.18. The maximum absolute atomic E-state index is 13.3. The monoisotopic (exact) mass is 521 g/mol. The first-order valence-corrected chi connectivity index (χ1v) is 13.8. The van der Waals surface area contributed by atoms with E-state index in [1.54, 1.807) is 47.4 Å². The molecule has 0 aromatic heterocycles. The molecule has 7 nitrogen and oxygen atoms in total. The first-order valence-electron chi connectivity index (χ1n) is 12.0. The van der Waals surface area contributed by atoms with Crippen molar-refractivity contribution >= 4 is 33.4 Å². The summed E-state index contributed by atoms with van der Waals surface area (Å²) < 4.78 is 26.8. The van der Waals surface area contributed by atoms with Crippen molar-refractivity contribution in [2.45, 2.75) is 70.0 Å². The van der Waals surface area contributed by atoms with Crippen LogP contribution in [0.2, 0.25) is 5.02 Å². The first kappa shape index (κ1) is 28.8. The van der Waals surface area contributed by atoms with Crippen LogP contribution in [-0.4, -0.2) is 55.1 Å². The number of nitrogens with one attached hydrogen (secondary N) is 1. The van der Waals surface area contributed by atoms with E-state index >= 15 is 0 Å². The normalized spacial score (nSPS) is 13.3. The van der Waals surface area contributed by atoms with Crippen molar-refractivity contribution in [3.63, 3.8) is 0 Å². The zero-order valence-electron chi connectivity index (χ0n) is 20.9. The lowest BCUT2D eigenvalue weighted by Gasteiger charge is -2.31. The summed E-state index contributed by atoms with van der Waals surface area (Å²) in [6, 6.07) is 14.8. The van der Waals surface area contributed by atoms with Gasteiger partial charge in [-0.15, -0.1) is 0 Å². The van der Waals surface area contributed by atoms with E-state index < -0.39 is 16.1 Å². The fourth-order valence-corrected chi connectivity index (χ4v) is 4.99. The lowest BCUT2D eigenvalue weighted by atomic mass is 10.1. The third kappa shape index (κ3) is 8.33. The molecule has 0 saturated heterocycles. The SMILES string of the molecule is CC[C@@H](C)NC(=O)[C@H](CC)N(Cc1ccc(Cl)cc1)C(=O)CCCN(C)S(=O)(=O)c1ccccc1. The molecule has 2 aromatic carbocycles. The van der Waals surface area contributed by atoms with Gasteiger partial charge in [0.05, 0.1) is 4.90 Å². The Morgan fingerprint density at radius 1 is 1.00 bits per heavy atom. The Kier molecular flexibility index (Phi) is 11.2. The average molecular weight is 522 g/mol. The number of benzene rings is 2. The fourth-order valence-electron chi connectivity index (χ4n) is 3.64. The molecule has 0 aliphatic heterocycles. The topological polar surface area (TPSA) is 86.8 Å². The molecule has 0 aliphatic carbocycles. The summed E-state index contributed by atoms with van der Waals surface area (Å²) in [4.78, 5) is 28.1. The van der Waals surface area contributed by atoms with Crippen LogP contribution >= 0.6 is 11.6 Å². The van der Waals surface area contributed by atoms with Crippen LogP contribution in [0.5, 0.6) is 0 Å². The molecule has 35 heavy (non-hydrogen) atoms. The molecular weight excluding hydrogens is 486 g/mol. The average Bonchev–Trinajstić information content (AvgIpc) is 2.85. The number of carbonyl (C=O) groups excluding carboxylic acids is 2. The van der Waals surface area contributed by atoms with Crippen LogP contribution in [0.15, 0.2) is 59.5 Å². The smallest absolute Gasteiger partial charge is 0.243 e. The van der Waals surface area contributed by atoms with E-state index in [1.807, 2.05) is 32.9 Å². The van der Waals surface area contributed by atoms with Crippen LogP contribution in [0.4, 0.5) is 0 Å². The molecule has 2 amide bonds. The summed E-state index contributed by atoms with van der Waals surface area (Å²) >= 11 is 6.01. The maximum atomic E-state index is 13.3. The minimum atomic E-state index is -3.63. The minimum absolute atomic E-state index is 0.000812. The van der Waals surface area contributed by atoms with E-state index in [0.717, 1.165) is 12.0 Å². The van der Waals surface area contributed by atoms with Gasteiger partial charge in [-0.2, -0.15) is 0 Å². The second-order valence-electron chi connectivity index (χ2n) is 8.63. The molecule has 0 unspecified atom stereocenters. The van der Waals surface area contributed by atoms with Crippen molar-refractivity contribution in [3.05, 3.63) is 65.2 Å². The van der Waals surface area contributed by atoms with E-state index in [1.165, 1.54) is 11.4 Å². The molecule has 0 aliphatic rings. The van der Waals surface area contributed by atoms with E-state index in [-0.39, 0.29) is 42.3 Å². The molecular formula is C26H36ClN3O4S. The summed E-state index contributed by atoms with van der Waals surface area (Å²) in [5.41, 5.74) is 0.862. The number of nitrogens with zero attached hydrogens (tertiary/aromatic N) is 2. The molecule has 0 heterocycles. The highest BCUT2D eigenvalue weighted by Gasteiger charge is 2.29. The Morgan fingerprint density at radius 3 is 2.20 bits per heavy atom. The molecule has 2 aromatic rings. The molecule has 0 radical (unpaired) electrons. The molecule has 192 valence electrons. The number of hydrogen-bond acceptors (Lipinski definition) is 4. The number of amides is 2. The Bertz CT molecular complexity index is 1060. The maximum Gasteiger partial charge on any atom is 0.243 e. The second kappa shape index (κ2) is 13.6. The van der Waals surface area contributed by atoms with Gasteiger partial charge in [0.25, 0.3) is 0 Å². The van der Waals surface area contributed by atoms with Gasteiger partial charge in [-0.25, -0.2) is 12.7 Å². The fraction of sp³-hybridized carbons (Fsp3) is 0.462. The first-order chi connectivity index (χ1) is 16.6. The highest BCUT2D eigenvalue weighted by atomic mass is 35.5. The standard InChI is InChI=1S/C26H36ClN3O4S/c1-5-20(3)28-26(32)24(6-2)30(19-21-14-16-22(27)17-15-21)25(31)13-10-18-29(4)35(33,34)23-11-8-7-9-12-23/h7-9,11-12,14-17,20,24H,5-6,10,13,18-19H2,1-4H3,(H,28,32)/t20-,24+/m1/s1. The summed E-state index contributed by atoms with van der Waals surface area (Å²) in [5, 5.41) is 3.58. The van der Waals surface area contributed by atoms with Crippen LogP contribution in [0, 0.1) is 0 Å². The van der Waals surface area contributed by atoms with Crippen LogP contribution < -0.4 is 5.32 Å². The third-order valence-electron chi connectivity index (χ3n) is 5.97. The zero-order valence-corrected chi connectivity index (χ0v) is 22.5. The molecule has 0 saturated carbocycles. The predicted octanol–water partition coefficient (Wildman–Crippen LogP) is 4.46. The van der Waals surface area contributed by atoms with Gasteiger partial charge in [0.1, 0.15) is 6.04 Å². The van der Waals surface area contributed by atoms with Gasteiger partial charge in [-0.1, -0.05) is 55.8 Å². The third-order valence-corrected chi connectivity index (χ3v) is 8.09. The lowest BCUT2D eigenvalue weighted by Crippen LogP contribution is -2.50. The number of halogens is 1. The van der Waals surface area contributed by atoms with Gasteiger partial charge in [-0.05, 0) is 56.0 Å². The largest absolute Gasteiger partial charge is 0.352 e. The molecule has 0 spiro atoms. The van der Waals surface area contributed by atoms with Crippen molar-refractivity contribution in [1.82, 2.24) is 14.5 Å². The van der Waals surface area contributed by atoms with Gasteiger partial charge in [0, 0.05) is 37.6 Å². The van der Waals surface area contributed by atoms with Gasteiger partial charge in [0.15, 0.2) is 0 Å². The Balaban J connectivity index is 2.13. The summed E-state index contributed by atoms with van der Waals surface area (Å²) in [6.07, 6.45) is 1.71. The van der Waals surface area contributed by atoms with Crippen LogP contribution in [0.1, 0.15) is 52.0 Å². The summed E-state index contributed by atoms with van der Waals surface area (Å²) in [6.45, 7) is 6.25. The van der Waals surface area contributed by atoms with E-state index in [0.29, 0.717) is 17.9 Å². The second-order valence-corrected chi connectivity index (χ2v) is 11.1. The Morgan fingerprint density at radius 2 is 1.63 bits per heavy atom. The minimum Gasteiger partial charge on any atom is -0.352 e. The van der Waals surface area contributed by atoms with Crippen molar-refractivity contribution in [2.24, 2.45) is 0 Å². The lowest BCUT2D eigenvalue weighted by molar-refractivity contribution is -0.141. The van der Waals surface area contributed by atoms with Gasteiger partial charge in [0.2, 0.25) is 21.8 Å². The van der Waals surface area contributed by atoms with Crippen molar-refractivity contribution in [1.29, 1.82) is 0 Å².